The summed E-state index contributed by atoms with van der Waals surface area (Å²) in [6.07, 6.45) is 1.54. The summed E-state index contributed by atoms with van der Waals surface area (Å²) in [6.45, 7) is 8.45. The number of aryl methyl sites for hydroxylation is 1. The molecule has 1 saturated heterocycles. The summed E-state index contributed by atoms with van der Waals surface area (Å²) < 4.78 is 0. The third-order valence-corrected chi connectivity index (χ3v) is 4.45. The molecule has 0 radical (unpaired) electrons. The van der Waals surface area contributed by atoms with Crippen LogP contribution in [0.1, 0.15) is 49.5 Å². The summed E-state index contributed by atoms with van der Waals surface area (Å²) >= 11 is 0. The first-order chi connectivity index (χ1) is 11.6. The summed E-state index contributed by atoms with van der Waals surface area (Å²) in [6, 6.07) is 4.74. The van der Waals surface area contributed by atoms with Gasteiger partial charge in [-0.2, -0.15) is 0 Å². The molecule has 1 heterocycles. The second-order valence-corrected chi connectivity index (χ2v) is 7.66. The van der Waals surface area contributed by atoms with Gasteiger partial charge in [-0.15, -0.1) is 0 Å². The number of piperidine rings is 1. The molecule has 136 valence electrons. The molecule has 0 saturated carbocycles. The summed E-state index contributed by atoms with van der Waals surface area (Å²) in [4.78, 5) is 37.8. The van der Waals surface area contributed by atoms with Gasteiger partial charge in [-0.1, -0.05) is 20.8 Å². The minimum absolute atomic E-state index is 0.0617. The molecule has 0 aliphatic carbocycles. The van der Waals surface area contributed by atoms with Crippen molar-refractivity contribution in [3.63, 3.8) is 0 Å². The van der Waals surface area contributed by atoms with Crippen molar-refractivity contribution in [2.75, 3.05) is 18.4 Å². The lowest BCUT2D eigenvalue weighted by Gasteiger charge is -2.35. The fourth-order valence-corrected chi connectivity index (χ4v) is 3.08. The number of hydrogen-bond acceptors (Lipinski definition) is 3. The van der Waals surface area contributed by atoms with Gasteiger partial charge in [0.05, 0.1) is 11.5 Å². The quantitative estimate of drug-likeness (QED) is 0.881. The minimum Gasteiger partial charge on any atom is -0.478 e. The highest BCUT2D eigenvalue weighted by Gasteiger charge is 2.33. The normalized spacial score (nSPS) is 17.9. The highest BCUT2D eigenvalue weighted by atomic mass is 16.4. The van der Waals surface area contributed by atoms with Crippen molar-refractivity contribution in [2.24, 2.45) is 11.3 Å². The molecule has 1 fully saturated rings. The van der Waals surface area contributed by atoms with Crippen molar-refractivity contribution in [1.29, 1.82) is 0 Å². The second-order valence-electron chi connectivity index (χ2n) is 7.66. The zero-order valence-electron chi connectivity index (χ0n) is 15.3. The molecule has 1 aromatic rings. The van der Waals surface area contributed by atoms with E-state index in [4.69, 9.17) is 5.11 Å². The lowest BCUT2D eigenvalue weighted by molar-refractivity contribution is -0.142. The van der Waals surface area contributed by atoms with E-state index in [-0.39, 0.29) is 23.3 Å². The Bertz CT molecular complexity index is 691. The van der Waals surface area contributed by atoms with E-state index >= 15 is 0 Å². The standard InChI is InChI=1S/C19H26N2O4/c1-12-10-14(7-8-15(12)17(23)24)20-16(22)13-6-5-9-21(11-13)18(25)19(2,3)4/h7-8,10,13H,5-6,9,11H2,1-4H3,(H,20,22)(H,23,24). The number of rotatable bonds is 3. The van der Waals surface area contributed by atoms with E-state index in [2.05, 4.69) is 5.32 Å². The van der Waals surface area contributed by atoms with Gasteiger partial charge in [0.15, 0.2) is 0 Å². The van der Waals surface area contributed by atoms with Crippen LogP contribution >= 0.6 is 0 Å². The number of nitrogens with zero attached hydrogens (tertiary/aromatic N) is 1. The molecular weight excluding hydrogens is 320 g/mol. The van der Waals surface area contributed by atoms with E-state index in [1.807, 2.05) is 20.8 Å². The van der Waals surface area contributed by atoms with Gasteiger partial charge in [0.2, 0.25) is 11.8 Å². The average molecular weight is 346 g/mol. The molecule has 1 aliphatic rings. The summed E-state index contributed by atoms with van der Waals surface area (Å²) in [5.74, 6) is -1.31. The fourth-order valence-electron chi connectivity index (χ4n) is 3.08. The van der Waals surface area contributed by atoms with Crippen LogP contribution in [0.15, 0.2) is 18.2 Å². The van der Waals surface area contributed by atoms with E-state index in [1.165, 1.54) is 6.07 Å². The number of carboxylic acids is 1. The van der Waals surface area contributed by atoms with Crippen LogP contribution in [0.25, 0.3) is 0 Å². The largest absolute Gasteiger partial charge is 0.478 e. The maximum Gasteiger partial charge on any atom is 0.335 e. The number of likely N-dealkylation sites (tertiary alicyclic amines) is 1. The lowest BCUT2D eigenvalue weighted by Crippen LogP contribution is -2.47. The van der Waals surface area contributed by atoms with E-state index < -0.39 is 11.4 Å². The second kappa shape index (κ2) is 7.25. The molecular formula is C19H26N2O4. The van der Waals surface area contributed by atoms with Crippen LogP contribution in [-0.4, -0.2) is 40.9 Å². The van der Waals surface area contributed by atoms with Crippen molar-refractivity contribution < 1.29 is 19.5 Å². The van der Waals surface area contributed by atoms with Crippen molar-refractivity contribution in [3.05, 3.63) is 29.3 Å². The molecule has 25 heavy (non-hydrogen) atoms. The predicted octanol–water partition coefficient (Wildman–Crippen LogP) is 2.92. The zero-order valence-corrected chi connectivity index (χ0v) is 15.3. The first kappa shape index (κ1) is 19.0. The highest BCUT2D eigenvalue weighted by Crippen LogP contribution is 2.25. The van der Waals surface area contributed by atoms with Gasteiger partial charge >= 0.3 is 5.97 Å². The third kappa shape index (κ3) is 4.59. The third-order valence-electron chi connectivity index (χ3n) is 4.45. The van der Waals surface area contributed by atoms with Crippen LogP contribution in [0.3, 0.4) is 0 Å². The molecule has 2 N–H and O–H groups in total. The Hall–Kier alpha value is -2.37. The van der Waals surface area contributed by atoms with Crippen LogP contribution in [0.5, 0.6) is 0 Å². The maximum absolute atomic E-state index is 12.6. The average Bonchev–Trinajstić information content (AvgIpc) is 2.53. The molecule has 0 spiro atoms. The van der Waals surface area contributed by atoms with Crippen LogP contribution < -0.4 is 5.32 Å². The van der Waals surface area contributed by atoms with Crippen LogP contribution in [0.2, 0.25) is 0 Å². The molecule has 0 aromatic heterocycles. The molecule has 1 aromatic carbocycles. The summed E-state index contributed by atoms with van der Waals surface area (Å²) in [5.41, 5.74) is 0.935. The van der Waals surface area contributed by atoms with Gasteiger partial charge in [-0.3, -0.25) is 9.59 Å². The number of hydrogen-bond donors (Lipinski definition) is 2. The highest BCUT2D eigenvalue weighted by molar-refractivity contribution is 5.95. The number of aromatic carboxylic acids is 1. The number of amides is 2. The van der Waals surface area contributed by atoms with Gasteiger partial charge in [0.1, 0.15) is 0 Å². The number of carbonyl (C=O) groups is 3. The minimum atomic E-state index is -0.987. The van der Waals surface area contributed by atoms with Crippen molar-refractivity contribution in [1.82, 2.24) is 4.90 Å². The molecule has 6 heteroatoms. The van der Waals surface area contributed by atoms with Gasteiger partial charge in [0, 0.05) is 24.2 Å². The lowest BCUT2D eigenvalue weighted by atomic mass is 9.91. The number of benzene rings is 1. The Morgan fingerprint density at radius 1 is 1.24 bits per heavy atom. The van der Waals surface area contributed by atoms with Gasteiger partial charge in [-0.25, -0.2) is 4.79 Å². The Balaban J connectivity index is 2.04. The summed E-state index contributed by atoms with van der Waals surface area (Å²) in [7, 11) is 0. The van der Waals surface area contributed by atoms with E-state index in [0.29, 0.717) is 24.3 Å². The molecule has 1 unspecified atom stereocenters. The SMILES string of the molecule is Cc1cc(NC(=O)C2CCCN(C(=O)C(C)(C)C)C2)ccc1C(=O)O. The predicted molar refractivity (Wildman–Crippen MR) is 95.5 cm³/mol. The summed E-state index contributed by atoms with van der Waals surface area (Å²) in [5, 5.41) is 11.9. The zero-order chi connectivity index (χ0) is 18.8. The Morgan fingerprint density at radius 3 is 2.48 bits per heavy atom. The smallest absolute Gasteiger partial charge is 0.335 e. The van der Waals surface area contributed by atoms with Crippen LogP contribution in [-0.2, 0) is 9.59 Å². The topological polar surface area (TPSA) is 86.7 Å². The van der Waals surface area contributed by atoms with E-state index in [9.17, 15) is 14.4 Å². The molecule has 1 atom stereocenters. The first-order valence-corrected chi connectivity index (χ1v) is 8.54. The van der Waals surface area contributed by atoms with Gasteiger partial charge in [-0.05, 0) is 43.5 Å². The Morgan fingerprint density at radius 2 is 1.92 bits per heavy atom. The Kier molecular flexibility index (Phi) is 5.50. The van der Waals surface area contributed by atoms with Gasteiger partial charge in [0.25, 0.3) is 0 Å². The van der Waals surface area contributed by atoms with Crippen molar-refractivity contribution in [2.45, 2.75) is 40.5 Å². The maximum atomic E-state index is 12.6. The van der Waals surface area contributed by atoms with Gasteiger partial charge < -0.3 is 15.3 Å². The number of anilines is 1. The van der Waals surface area contributed by atoms with Crippen molar-refractivity contribution >= 4 is 23.5 Å². The Labute approximate surface area is 148 Å². The molecule has 1 aliphatic heterocycles. The van der Waals surface area contributed by atoms with E-state index in [1.54, 1.807) is 24.0 Å². The monoisotopic (exact) mass is 346 g/mol. The number of carboxylic acid groups (broad SMARTS) is 1. The number of carbonyl (C=O) groups excluding carboxylic acids is 2. The van der Waals surface area contributed by atoms with Crippen LogP contribution in [0, 0.1) is 18.3 Å². The van der Waals surface area contributed by atoms with Crippen molar-refractivity contribution in [3.8, 4) is 0 Å². The molecule has 0 bridgehead atoms. The van der Waals surface area contributed by atoms with Crippen LogP contribution in [0.4, 0.5) is 5.69 Å². The first-order valence-electron chi connectivity index (χ1n) is 8.54. The molecule has 2 rings (SSSR count). The fraction of sp³-hybridized carbons (Fsp3) is 0.526. The number of nitrogens with one attached hydrogen (secondary N) is 1. The molecule has 2 amide bonds. The van der Waals surface area contributed by atoms with E-state index in [0.717, 1.165) is 12.8 Å². The molecule has 6 nitrogen and oxygen atoms in total.